The molecule has 0 unspecified atom stereocenters. The first-order chi connectivity index (χ1) is 13.5. The average Bonchev–Trinajstić information content (AvgIpc) is 3.10. The van der Waals surface area contributed by atoms with Crippen molar-refractivity contribution in [3.05, 3.63) is 48.2 Å². The molecule has 0 atom stereocenters. The maximum absolute atomic E-state index is 13.6. The van der Waals surface area contributed by atoms with Gasteiger partial charge in [0.1, 0.15) is 5.82 Å². The molecule has 7 nitrogen and oxygen atoms in total. The SMILES string of the molecule is CC(C)Nc1nccnc1N1CCN(C(=O)c2c[nH]c3ccc(F)cc23)CC1. The first-order valence-corrected chi connectivity index (χ1v) is 9.41. The lowest BCUT2D eigenvalue weighted by Crippen LogP contribution is -2.49. The lowest BCUT2D eigenvalue weighted by atomic mass is 10.1. The molecule has 1 aliphatic heterocycles. The standard InChI is InChI=1S/C20H23FN6O/c1-13(2)25-18-19(23-6-5-22-18)26-7-9-27(10-8-26)20(28)16-12-24-17-4-3-14(21)11-15(16)17/h3-6,11-13,24H,7-10H2,1-2H3,(H,22,25). The van der Waals surface area contributed by atoms with Crippen molar-refractivity contribution < 1.29 is 9.18 Å². The van der Waals surface area contributed by atoms with E-state index in [1.54, 1.807) is 29.6 Å². The molecular formula is C20H23FN6O. The van der Waals surface area contributed by atoms with Crippen molar-refractivity contribution in [2.45, 2.75) is 19.9 Å². The van der Waals surface area contributed by atoms with Gasteiger partial charge in [0, 0.05) is 61.7 Å². The molecule has 0 bridgehead atoms. The molecule has 0 spiro atoms. The van der Waals surface area contributed by atoms with Crippen molar-refractivity contribution >= 4 is 28.4 Å². The predicted octanol–water partition coefficient (Wildman–Crippen LogP) is 2.88. The van der Waals surface area contributed by atoms with Crippen LogP contribution in [0.5, 0.6) is 0 Å². The number of rotatable bonds is 4. The van der Waals surface area contributed by atoms with Crippen LogP contribution in [0, 0.1) is 5.82 Å². The Morgan fingerprint density at radius 2 is 1.93 bits per heavy atom. The fraction of sp³-hybridized carbons (Fsp3) is 0.350. The van der Waals surface area contributed by atoms with Gasteiger partial charge in [-0.05, 0) is 32.0 Å². The van der Waals surface area contributed by atoms with E-state index >= 15 is 0 Å². The van der Waals surface area contributed by atoms with E-state index in [0.29, 0.717) is 37.1 Å². The molecule has 3 aromatic rings. The van der Waals surface area contributed by atoms with Gasteiger partial charge in [0.15, 0.2) is 11.6 Å². The summed E-state index contributed by atoms with van der Waals surface area (Å²) >= 11 is 0. The van der Waals surface area contributed by atoms with E-state index in [0.717, 1.165) is 17.2 Å². The molecule has 28 heavy (non-hydrogen) atoms. The number of benzene rings is 1. The number of amides is 1. The van der Waals surface area contributed by atoms with Crippen molar-refractivity contribution in [3.63, 3.8) is 0 Å². The number of aromatic amines is 1. The second-order valence-electron chi connectivity index (χ2n) is 7.20. The van der Waals surface area contributed by atoms with Crippen LogP contribution >= 0.6 is 0 Å². The zero-order chi connectivity index (χ0) is 19.7. The van der Waals surface area contributed by atoms with Crippen LogP contribution < -0.4 is 10.2 Å². The average molecular weight is 382 g/mol. The van der Waals surface area contributed by atoms with Crippen molar-refractivity contribution in [2.24, 2.45) is 0 Å². The fourth-order valence-corrected chi connectivity index (χ4v) is 3.50. The summed E-state index contributed by atoms with van der Waals surface area (Å²) in [5.41, 5.74) is 1.26. The summed E-state index contributed by atoms with van der Waals surface area (Å²) in [7, 11) is 0. The highest BCUT2D eigenvalue weighted by Crippen LogP contribution is 2.24. The van der Waals surface area contributed by atoms with Crippen LogP contribution in [0.25, 0.3) is 10.9 Å². The summed E-state index contributed by atoms with van der Waals surface area (Å²) in [4.78, 5) is 28.8. The highest BCUT2D eigenvalue weighted by molar-refractivity contribution is 6.06. The molecule has 4 rings (SSSR count). The normalized spacial score (nSPS) is 14.7. The van der Waals surface area contributed by atoms with Crippen LogP contribution in [-0.2, 0) is 0 Å². The lowest BCUT2D eigenvalue weighted by Gasteiger charge is -2.36. The van der Waals surface area contributed by atoms with E-state index in [9.17, 15) is 9.18 Å². The Kier molecular flexibility index (Phi) is 4.85. The first-order valence-electron chi connectivity index (χ1n) is 9.41. The molecule has 3 heterocycles. The number of hydrogen-bond donors (Lipinski definition) is 2. The Balaban J connectivity index is 1.48. The Hall–Kier alpha value is -3.16. The number of nitrogens with zero attached hydrogens (tertiary/aromatic N) is 4. The van der Waals surface area contributed by atoms with Crippen molar-refractivity contribution in [1.82, 2.24) is 19.9 Å². The summed E-state index contributed by atoms with van der Waals surface area (Å²) < 4.78 is 13.6. The number of anilines is 2. The quantitative estimate of drug-likeness (QED) is 0.726. The molecule has 2 N–H and O–H groups in total. The monoisotopic (exact) mass is 382 g/mol. The van der Waals surface area contributed by atoms with Gasteiger partial charge >= 0.3 is 0 Å². The molecule has 0 radical (unpaired) electrons. The minimum atomic E-state index is -0.348. The van der Waals surface area contributed by atoms with Crippen LogP contribution in [0.15, 0.2) is 36.8 Å². The minimum absolute atomic E-state index is 0.0869. The summed E-state index contributed by atoms with van der Waals surface area (Å²) in [5, 5.41) is 3.93. The zero-order valence-electron chi connectivity index (χ0n) is 15.9. The Morgan fingerprint density at radius 3 is 2.68 bits per heavy atom. The number of fused-ring (bicyclic) bond motifs is 1. The lowest BCUT2D eigenvalue weighted by molar-refractivity contribution is 0.0748. The van der Waals surface area contributed by atoms with Crippen molar-refractivity contribution in [1.29, 1.82) is 0 Å². The van der Waals surface area contributed by atoms with Gasteiger partial charge < -0.3 is 20.1 Å². The highest BCUT2D eigenvalue weighted by atomic mass is 19.1. The third kappa shape index (κ3) is 3.49. The first kappa shape index (κ1) is 18.2. The van der Waals surface area contributed by atoms with Gasteiger partial charge in [-0.15, -0.1) is 0 Å². The maximum atomic E-state index is 13.6. The van der Waals surface area contributed by atoms with E-state index in [2.05, 4.69) is 39.0 Å². The van der Waals surface area contributed by atoms with E-state index in [-0.39, 0.29) is 17.8 Å². The second-order valence-corrected chi connectivity index (χ2v) is 7.20. The molecule has 1 fully saturated rings. The van der Waals surface area contributed by atoms with Crippen LogP contribution in [0.4, 0.5) is 16.0 Å². The maximum Gasteiger partial charge on any atom is 0.256 e. The van der Waals surface area contributed by atoms with Crippen LogP contribution in [0.2, 0.25) is 0 Å². The number of nitrogens with one attached hydrogen (secondary N) is 2. The third-order valence-electron chi connectivity index (χ3n) is 4.84. The van der Waals surface area contributed by atoms with E-state index in [1.807, 2.05) is 0 Å². The second kappa shape index (κ2) is 7.46. The van der Waals surface area contributed by atoms with Crippen molar-refractivity contribution in [2.75, 3.05) is 36.4 Å². The number of piperazine rings is 1. The van der Waals surface area contributed by atoms with Gasteiger partial charge in [-0.2, -0.15) is 0 Å². The Labute approximate surface area is 162 Å². The molecule has 0 aliphatic carbocycles. The van der Waals surface area contributed by atoms with Gasteiger partial charge in [-0.1, -0.05) is 0 Å². The molecule has 1 amide bonds. The van der Waals surface area contributed by atoms with E-state index in [4.69, 9.17) is 0 Å². The van der Waals surface area contributed by atoms with Gasteiger partial charge in [0.25, 0.3) is 5.91 Å². The zero-order valence-corrected chi connectivity index (χ0v) is 15.9. The van der Waals surface area contributed by atoms with Crippen molar-refractivity contribution in [3.8, 4) is 0 Å². The van der Waals surface area contributed by atoms with E-state index < -0.39 is 0 Å². The number of aromatic nitrogens is 3. The summed E-state index contributed by atoms with van der Waals surface area (Å²) in [6.45, 7) is 6.57. The largest absolute Gasteiger partial charge is 0.365 e. The number of hydrogen-bond acceptors (Lipinski definition) is 5. The van der Waals surface area contributed by atoms with Crippen LogP contribution in [-0.4, -0.2) is 58.0 Å². The number of H-pyrrole nitrogens is 1. The smallest absolute Gasteiger partial charge is 0.256 e. The van der Waals surface area contributed by atoms with Gasteiger partial charge in [0.2, 0.25) is 0 Å². The summed E-state index contributed by atoms with van der Waals surface area (Å²) in [6, 6.07) is 4.69. The molecule has 1 aliphatic rings. The molecule has 146 valence electrons. The Morgan fingerprint density at radius 1 is 1.18 bits per heavy atom. The summed E-state index contributed by atoms with van der Waals surface area (Å²) in [5.74, 6) is 1.12. The molecule has 1 saturated heterocycles. The molecule has 2 aromatic heterocycles. The number of carbonyl (C=O) groups excluding carboxylic acids is 1. The molecule has 8 heteroatoms. The number of carbonyl (C=O) groups is 1. The third-order valence-corrected chi connectivity index (χ3v) is 4.84. The van der Waals surface area contributed by atoms with Gasteiger partial charge in [-0.3, -0.25) is 4.79 Å². The predicted molar refractivity (Wildman–Crippen MR) is 107 cm³/mol. The highest BCUT2D eigenvalue weighted by Gasteiger charge is 2.26. The molecule has 0 saturated carbocycles. The van der Waals surface area contributed by atoms with Crippen LogP contribution in [0.3, 0.4) is 0 Å². The van der Waals surface area contributed by atoms with Crippen LogP contribution in [0.1, 0.15) is 24.2 Å². The van der Waals surface area contributed by atoms with Gasteiger partial charge in [0.05, 0.1) is 5.56 Å². The minimum Gasteiger partial charge on any atom is -0.365 e. The number of halogens is 1. The Bertz CT molecular complexity index is 993. The fourth-order valence-electron chi connectivity index (χ4n) is 3.50. The van der Waals surface area contributed by atoms with Gasteiger partial charge in [-0.25, -0.2) is 14.4 Å². The van der Waals surface area contributed by atoms with E-state index in [1.165, 1.54) is 12.1 Å². The molecular weight excluding hydrogens is 359 g/mol. The topological polar surface area (TPSA) is 77.2 Å². The molecule has 1 aromatic carbocycles. The summed E-state index contributed by atoms with van der Waals surface area (Å²) in [6.07, 6.45) is 5.01.